The van der Waals surface area contributed by atoms with Gasteiger partial charge >= 0.3 is 5.97 Å². The van der Waals surface area contributed by atoms with Crippen molar-refractivity contribution in [2.24, 2.45) is 0 Å². The number of carboxylic acids is 1. The number of carboxylic acid groups (broad SMARTS) is 1. The molecule has 0 saturated heterocycles. The summed E-state index contributed by atoms with van der Waals surface area (Å²) in [5, 5.41) is 27.6. The zero-order chi connectivity index (χ0) is 21.0. The molecule has 1 heterocycles. The zero-order valence-corrected chi connectivity index (χ0v) is 17.1. The molecule has 3 rings (SSSR count). The van der Waals surface area contributed by atoms with E-state index in [9.17, 15) is 20.0 Å². The van der Waals surface area contributed by atoms with Gasteiger partial charge < -0.3 is 5.11 Å². The van der Waals surface area contributed by atoms with Crippen LogP contribution >= 0.6 is 23.5 Å². The summed E-state index contributed by atoms with van der Waals surface area (Å²) in [6.45, 7) is 3.69. The second kappa shape index (κ2) is 8.93. The van der Waals surface area contributed by atoms with Crippen LogP contribution in [0, 0.1) is 24.0 Å². The number of thioether (sulfide) groups is 1. The number of H-pyrrole nitrogens is 1. The number of nitrogens with one attached hydrogen (secondary N) is 1. The fourth-order valence-corrected chi connectivity index (χ4v) is 3.97. The van der Waals surface area contributed by atoms with Crippen LogP contribution in [0.25, 0.3) is 6.08 Å². The minimum Gasteiger partial charge on any atom is -0.477 e. The molecule has 2 aromatic carbocycles. The van der Waals surface area contributed by atoms with Crippen molar-refractivity contribution in [1.29, 1.82) is 0 Å². The van der Waals surface area contributed by atoms with Gasteiger partial charge in [-0.3, -0.25) is 15.2 Å². The van der Waals surface area contributed by atoms with Crippen molar-refractivity contribution >= 4 is 41.3 Å². The zero-order valence-electron chi connectivity index (χ0n) is 15.4. The van der Waals surface area contributed by atoms with Crippen molar-refractivity contribution in [2.75, 3.05) is 0 Å². The topological polar surface area (TPSA) is 122 Å². The van der Waals surface area contributed by atoms with Gasteiger partial charge in [-0.1, -0.05) is 29.5 Å². The Balaban J connectivity index is 2.01. The first kappa shape index (κ1) is 20.6. The summed E-state index contributed by atoms with van der Waals surface area (Å²) < 4.78 is 0. The fraction of sp³-hybridized carbons (Fsp3) is 0.105. The monoisotopic (exact) mass is 428 g/mol. The lowest BCUT2D eigenvalue weighted by Crippen LogP contribution is -1.98. The predicted octanol–water partition coefficient (Wildman–Crippen LogP) is 4.70. The molecule has 2 N–H and O–H groups in total. The first-order valence-corrected chi connectivity index (χ1v) is 10.00. The van der Waals surface area contributed by atoms with Crippen LogP contribution in [-0.2, 0) is 4.79 Å². The molecular formula is C19H16N4O4S2. The van der Waals surface area contributed by atoms with Crippen LogP contribution in [-0.4, -0.2) is 31.2 Å². The molecule has 0 fully saturated rings. The molecule has 148 valence electrons. The molecule has 0 aliphatic carbocycles. The maximum atomic E-state index is 11.7. The van der Waals surface area contributed by atoms with Gasteiger partial charge in [0.2, 0.25) is 5.16 Å². The maximum absolute atomic E-state index is 11.7. The molecule has 0 bridgehead atoms. The summed E-state index contributed by atoms with van der Waals surface area (Å²) >= 11 is 2.27. The van der Waals surface area contributed by atoms with E-state index < -0.39 is 10.9 Å². The van der Waals surface area contributed by atoms with Crippen LogP contribution in [0.15, 0.2) is 62.3 Å². The second-order valence-corrected chi connectivity index (χ2v) is 8.14. The average Bonchev–Trinajstić information content (AvgIpc) is 3.08. The van der Waals surface area contributed by atoms with E-state index in [1.807, 2.05) is 31.2 Å². The van der Waals surface area contributed by atoms with Gasteiger partial charge in [0.25, 0.3) is 5.69 Å². The standard InChI is InChI=1S/C19H16N4O4S2/c1-11-3-6-15(7-4-11)28-16-8-5-14(23(26)27)9-13(16)10-17(18(24)25)29-19-20-12(2)21-22-19/h3-10H,1-2H3,(H,24,25)(H,20,21,22)/b17-10+. The maximum Gasteiger partial charge on any atom is 0.342 e. The molecule has 0 spiro atoms. The number of non-ortho nitro benzene ring substituents is 1. The average molecular weight is 428 g/mol. The highest BCUT2D eigenvalue weighted by Gasteiger charge is 2.17. The molecule has 8 nitrogen and oxygen atoms in total. The van der Waals surface area contributed by atoms with Gasteiger partial charge in [0.15, 0.2) is 0 Å². The van der Waals surface area contributed by atoms with Gasteiger partial charge in [-0.05, 0) is 55.4 Å². The Morgan fingerprint density at radius 3 is 2.52 bits per heavy atom. The highest BCUT2D eigenvalue weighted by atomic mass is 32.2. The van der Waals surface area contributed by atoms with E-state index in [4.69, 9.17) is 0 Å². The van der Waals surface area contributed by atoms with Gasteiger partial charge in [-0.2, -0.15) is 0 Å². The smallest absolute Gasteiger partial charge is 0.342 e. The normalized spacial score (nSPS) is 11.4. The first-order valence-electron chi connectivity index (χ1n) is 8.36. The molecule has 1 aromatic heterocycles. The van der Waals surface area contributed by atoms with Crippen LogP contribution in [0.2, 0.25) is 0 Å². The molecule has 0 radical (unpaired) electrons. The number of aromatic nitrogens is 3. The number of nitrogens with zero attached hydrogens (tertiary/aromatic N) is 3. The third kappa shape index (κ3) is 5.46. The summed E-state index contributed by atoms with van der Waals surface area (Å²) in [6, 6.07) is 12.2. The number of aliphatic carboxylic acids is 1. The third-order valence-corrected chi connectivity index (χ3v) is 5.71. The number of nitro benzene ring substituents is 1. The second-order valence-electron chi connectivity index (χ2n) is 6.01. The highest BCUT2D eigenvalue weighted by Crippen LogP contribution is 2.35. The van der Waals surface area contributed by atoms with Crippen molar-refractivity contribution in [1.82, 2.24) is 15.2 Å². The minimum atomic E-state index is -1.17. The lowest BCUT2D eigenvalue weighted by atomic mass is 10.2. The number of aromatic amines is 1. The number of benzene rings is 2. The van der Waals surface area contributed by atoms with Gasteiger partial charge in [0.05, 0.1) is 4.92 Å². The predicted molar refractivity (Wildman–Crippen MR) is 111 cm³/mol. The molecule has 10 heteroatoms. The molecule has 0 aliphatic heterocycles. The van der Waals surface area contributed by atoms with E-state index in [0.717, 1.165) is 22.2 Å². The summed E-state index contributed by atoms with van der Waals surface area (Å²) in [5.41, 5.74) is 1.43. The molecule has 0 aliphatic rings. The van der Waals surface area contributed by atoms with E-state index >= 15 is 0 Å². The third-order valence-electron chi connectivity index (χ3n) is 3.73. The fourth-order valence-electron chi connectivity index (χ4n) is 2.33. The summed E-state index contributed by atoms with van der Waals surface area (Å²) in [6.07, 6.45) is 1.40. The molecule has 0 saturated carbocycles. The Morgan fingerprint density at radius 2 is 1.93 bits per heavy atom. The molecule has 0 atom stereocenters. The lowest BCUT2D eigenvalue weighted by molar-refractivity contribution is -0.384. The SMILES string of the molecule is Cc1ccc(Sc2ccc([N+](=O)[O-])cc2/C=C(/Sc2n[nH]c(C)n2)C(=O)O)cc1. The van der Waals surface area contributed by atoms with E-state index in [1.54, 1.807) is 13.0 Å². The van der Waals surface area contributed by atoms with Gasteiger partial charge in [0.1, 0.15) is 10.7 Å². The quantitative estimate of drug-likeness (QED) is 0.240. The van der Waals surface area contributed by atoms with Crippen LogP contribution in [0.5, 0.6) is 0 Å². The van der Waals surface area contributed by atoms with Crippen molar-refractivity contribution in [3.8, 4) is 0 Å². The van der Waals surface area contributed by atoms with Crippen LogP contribution in [0.1, 0.15) is 17.0 Å². The molecule has 0 unspecified atom stereocenters. The Labute approximate surface area is 174 Å². The number of aryl methyl sites for hydroxylation is 2. The number of carbonyl (C=O) groups is 1. The number of hydrogen-bond donors (Lipinski definition) is 2. The van der Waals surface area contributed by atoms with Crippen LogP contribution in [0.4, 0.5) is 5.69 Å². The van der Waals surface area contributed by atoms with Crippen molar-refractivity contribution in [2.45, 2.75) is 28.8 Å². The minimum absolute atomic E-state index is 0.0461. The van der Waals surface area contributed by atoms with Gasteiger partial charge in [0, 0.05) is 21.9 Å². The largest absolute Gasteiger partial charge is 0.477 e. The molecule has 0 amide bonds. The van der Waals surface area contributed by atoms with Gasteiger partial charge in [-0.25, -0.2) is 9.78 Å². The summed E-state index contributed by atoms with van der Waals surface area (Å²) in [7, 11) is 0. The Bertz CT molecular complexity index is 1090. The van der Waals surface area contributed by atoms with Crippen LogP contribution < -0.4 is 0 Å². The van der Waals surface area contributed by atoms with E-state index in [0.29, 0.717) is 16.3 Å². The molecule has 3 aromatic rings. The summed E-state index contributed by atoms with van der Waals surface area (Å²) in [5.74, 6) is -0.613. The molecular weight excluding hydrogens is 412 g/mol. The van der Waals surface area contributed by atoms with Crippen molar-refractivity contribution < 1.29 is 14.8 Å². The highest BCUT2D eigenvalue weighted by molar-refractivity contribution is 8.04. The number of rotatable bonds is 7. The Hall–Kier alpha value is -3.11. The number of nitro groups is 1. The molecule has 29 heavy (non-hydrogen) atoms. The number of hydrogen-bond acceptors (Lipinski definition) is 7. The first-order chi connectivity index (χ1) is 13.8. The van der Waals surface area contributed by atoms with Gasteiger partial charge in [-0.15, -0.1) is 5.10 Å². The van der Waals surface area contributed by atoms with E-state index in [2.05, 4.69) is 15.2 Å². The van der Waals surface area contributed by atoms with Crippen molar-refractivity contribution in [3.63, 3.8) is 0 Å². The van der Waals surface area contributed by atoms with Crippen molar-refractivity contribution in [3.05, 3.63) is 74.4 Å². The van der Waals surface area contributed by atoms with E-state index in [1.165, 1.54) is 30.0 Å². The Kier molecular flexibility index (Phi) is 6.35. The lowest BCUT2D eigenvalue weighted by Gasteiger charge is -2.08. The summed E-state index contributed by atoms with van der Waals surface area (Å²) in [4.78, 5) is 28.1. The van der Waals surface area contributed by atoms with E-state index in [-0.39, 0.29) is 15.7 Å². The Morgan fingerprint density at radius 1 is 1.21 bits per heavy atom. The van der Waals surface area contributed by atoms with Crippen LogP contribution in [0.3, 0.4) is 0 Å².